The maximum atomic E-state index is 12.7. The normalized spacial score (nSPS) is 20.2. The van der Waals surface area contributed by atoms with E-state index in [1.165, 1.54) is 0 Å². The summed E-state index contributed by atoms with van der Waals surface area (Å²) in [7, 11) is 0. The van der Waals surface area contributed by atoms with Crippen LogP contribution in [0.5, 0.6) is 0 Å². The first kappa shape index (κ1) is 15.7. The molecule has 4 nitrogen and oxygen atoms in total. The molecule has 0 aromatic heterocycles. The minimum atomic E-state index is -0.991. The van der Waals surface area contributed by atoms with E-state index in [9.17, 15) is 9.59 Å². The zero-order chi connectivity index (χ0) is 16.3. The van der Waals surface area contributed by atoms with Gasteiger partial charge in [-0.2, -0.15) is 0 Å². The first-order valence-corrected chi connectivity index (χ1v) is 7.82. The molecule has 0 aliphatic carbocycles. The van der Waals surface area contributed by atoms with Crippen LogP contribution >= 0.6 is 11.6 Å². The zero-order valence-corrected chi connectivity index (χ0v) is 13.2. The lowest BCUT2D eigenvalue weighted by Gasteiger charge is -2.27. The van der Waals surface area contributed by atoms with Crippen LogP contribution in [0.3, 0.4) is 0 Å². The summed E-state index contributed by atoms with van der Waals surface area (Å²) < 4.78 is 5.14. The van der Waals surface area contributed by atoms with Crippen LogP contribution < -0.4 is 5.32 Å². The van der Waals surface area contributed by atoms with Gasteiger partial charge in [-0.25, -0.2) is 9.59 Å². The van der Waals surface area contributed by atoms with E-state index in [0.717, 1.165) is 12.0 Å². The molecule has 1 N–H and O–H groups in total. The summed E-state index contributed by atoms with van der Waals surface area (Å²) in [5.74, 6) is -1.22. The molecule has 3 rings (SSSR count). The van der Waals surface area contributed by atoms with Crippen LogP contribution in [0, 0.1) is 0 Å². The molecule has 2 aromatic carbocycles. The Bertz CT molecular complexity index is 707. The molecular formula is C18H16ClNO3. The van der Waals surface area contributed by atoms with Gasteiger partial charge in [-0.15, -0.1) is 0 Å². The molecule has 0 amide bonds. The number of carbonyl (C=O) groups is 2. The highest BCUT2D eigenvalue weighted by Gasteiger charge is 2.45. The fourth-order valence-corrected chi connectivity index (χ4v) is 2.95. The third-order valence-corrected chi connectivity index (χ3v) is 4.29. The summed E-state index contributed by atoms with van der Waals surface area (Å²) in [5, 5.41) is 3.79. The van der Waals surface area contributed by atoms with Crippen molar-refractivity contribution in [2.45, 2.75) is 18.4 Å². The molecule has 1 atom stereocenters. The lowest BCUT2D eigenvalue weighted by atomic mass is 9.88. The smallest absolute Gasteiger partial charge is 0.345 e. The average molecular weight is 330 g/mol. The molecule has 23 heavy (non-hydrogen) atoms. The highest BCUT2D eigenvalue weighted by molar-refractivity contribution is 6.30. The minimum Gasteiger partial charge on any atom is -0.388 e. The van der Waals surface area contributed by atoms with E-state index in [1.54, 1.807) is 54.6 Å². The zero-order valence-electron chi connectivity index (χ0n) is 12.4. The maximum absolute atomic E-state index is 12.7. The molecule has 118 valence electrons. The third kappa shape index (κ3) is 3.14. The second kappa shape index (κ2) is 6.52. The Balaban J connectivity index is 1.85. The van der Waals surface area contributed by atoms with Crippen molar-refractivity contribution in [3.05, 3.63) is 70.7 Å². The SMILES string of the molecule is O=C(OC(=O)[C@]1(c2ccc(Cl)cc2)CCCN1)c1ccccc1. The molecule has 0 radical (unpaired) electrons. The van der Waals surface area contributed by atoms with E-state index in [1.807, 2.05) is 0 Å². The van der Waals surface area contributed by atoms with Gasteiger partial charge in [-0.3, -0.25) is 5.32 Å². The Morgan fingerprint density at radius 2 is 1.74 bits per heavy atom. The summed E-state index contributed by atoms with van der Waals surface area (Å²) in [6, 6.07) is 15.5. The largest absolute Gasteiger partial charge is 0.388 e. The number of hydrogen-bond acceptors (Lipinski definition) is 4. The molecule has 1 saturated heterocycles. The standard InChI is InChI=1S/C18H16ClNO3/c19-15-9-7-14(8-10-15)18(11-4-12-20-18)17(22)23-16(21)13-5-2-1-3-6-13/h1-3,5-10,20H,4,11-12H2/t18-/m1/s1. The lowest BCUT2D eigenvalue weighted by molar-refractivity contribution is -0.145. The molecule has 0 bridgehead atoms. The highest BCUT2D eigenvalue weighted by Crippen LogP contribution is 2.33. The fourth-order valence-electron chi connectivity index (χ4n) is 2.82. The molecule has 1 heterocycles. The molecule has 1 aliphatic heterocycles. The van der Waals surface area contributed by atoms with Crippen molar-refractivity contribution in [3.8, 4) is 0 Å². The maximum Gasteiger partial charge on any atom is 0.345 e. The van der Waals surface area contributed by atoms with Crippen LogP contribution in [-0.2, 0) is 15.1 Å². The number of esters is 2. The van der Waals surface area contributed by atoms with Crippen LogP contribution in [0.2, 0.25) is 5.02 Å². The number of halogens is 1. The average Bonchev–Trinajstić information content (AvgIpc) is 3.07. The van der Waals surface area contributed by atoms with Crippen LogP contribution in [0.1, 0.15) is 28.8 Å². The Morgan fingerprint density at radius 3 is 2.35 bits per heavy atom. The molecule has 2 aromatic rings. The van der Waals surface area contributed by atoms with Gasteiger partial charge < -0.3 is 4.74 Å². The van der Waals surface area contributed by atoms with Gasteiger partial charge in [0, 0.05) is 5.02 Å². The second-order valence-electron chi connectivity index (χ2n) is 5.49. The van der Waals surface area contributed by atoms with Gasteiger partial charge in [0.1, 0.15) is 5.54 Å². The fraction of sp³-hybridized carbons (Fsp3) is 0.222. The Morgan fingerprint density at radius 1 is 1.04 bits per heavy atom. The predicted molar refractivity (Wildman–Crippen MR) is 87.2 cm³/mol. The van der Waals surface area contributed by atoms with E-state index in [4.69, 9.17) is 16.3 Å². The highest BCUT2D eigenvalue weighted by atomic mass is 35.5. The minimum absolute atomic E-state index is 0.352. The van der Waals surface area contributed by atoms with Crippen molar-refractivity contribution >= 4 is 23.5 Å². The van der Waals surface area contributed by atoms with Gasteiger partial charge in [0.25, 0.3) is 0 Å². The van der Waals surface area contributed by atoms with Gasteiger partial charge in [-0.05, 0) is 49.2 Å². The molecular weight excluding hydrogens is 314 g/mol. The molecule has 0 saturated carbocycles. The Hall–Kier alpha value is -2.17. The number of rotatable bonds is 3. The van der Waals surface area contributed by atoms with Crippen molar-refractivity contribution in [3.63, 3.8) is 0 Å². The molecule has 1 fully saturated rings. The number of hydrogen-bond donors (Lipinski definition) is 1. The monoisotopic (exact) mass is 329 g/mol. The van der Waals surface area contributed by atoms with Crippen LogP contribution in [0.15, 0.2) is 54.6 Å². The number of carbonyl (C=O) groups excluding carboxylic acids is 2. The lowest BCUT2D eigenvalue weighted by Crippen LogP contribution is -2.46. The number of benzene rings is 2. The van der Waals surface area contributed by atoms with Gasteiger partial charge in [-0.1, -0.05) is 41.9 Å². The van der Waals surface area contributed by atoms with Crippen LogP contribution in [-0.4, -0.2) is 18.5 Å². The van der Waals surface area contributed by atoms with Crippen molar-refractivity contribution < 1.29 is 14.3 Å². The summed E-state index contributed by atoms with van der Waals surface area (Å²) in [5.41, 5.74) is 0.116. The van der Waals surface area contributed by atoms with Crippen molar-refractivity contribution in [1.29, 1.82) is 0 Å². The summed E-state index contributed by atoms with van der Waals surface area (Å²) in [6.07, 6.45) is 1.41. The van der Waals surface area contributed by atoms with E-state index < -0.39 is 17.5 Å². The van der Waals surface area contributed by atoms with Crippen LogP contribution in [0.4, 0.5) is 0 Å². The molecule has 0 spiro atoms. The number of ether oxygens (including phenoxy) is 1. The topological polar surface area (TPSA) is 55.4 Å². The van der Waals surface area contributed by atoms with Crippen molar-refractivity contribution in [1.82, 2.24) is 5.32 Å². The quantitative estimate of drug-likeness (QED) is 0.693. The van der Waals surface area contributed by atoms with E-state index in [2.05, 4.69) is 5.32 Å². The van der Waals surface area contributed by atoms with Crippen molar-refractivity contribution in [2.75, 3.05) is 6.54 Å². The van der Waals surface area contributed by atoms with E-state index in [-0.39, 0.29) is 0 Å². The molecule has 5 heteroatoms. The summed E-state index contributed by atoms with van der Waals surface area (Å²) >= 11 is 5.92. The van der Waals surface area contributed by atoms with Crippen molar-refractivity contribution in [2.24, 2.45) is 0 Å². The molecule has 0 unspecified atom stereocenters. The Labute approximate surface area is 139 Å². The van der Waals surface area contributed by atoms with Gasteiger partial charge in [0.2, 0.25) is 0 Å². The van der Waals surface area contributed by atoms with Crippen LogP contribution in [0.25, 0.3) is 0 Å². The first-order chi connectivity index (χ1) is 11.1. The van der Waals surface area contributed by atoms with Gasteiger partial charge in [0.05, 0.1) is 5.56 Å². The predicted octanol–water partition coefficient (Wildman–Crippen LogP) is 3.30. The summed E-state index contributed by atoms with van der Waals surface area (Å²) in [6.45, 7) is 0.692. The first-order valence-electron chi connectivity index (χ1n) is 7.44. The van der Waals surface area contributed by atoms with E-state index >= 15 is 0 Å². The second-order valence-corrected chi connectivity index (χ2v) is 5.92. The summed E-state index contributed by atoms with van der Waals surface area (Å²) in [4.78, 5) is 24.8. The third-order valence-electron chi connectivity index (χ3n) is 4.04. The van der Waals surface area contributed by atoms with E-state index in [0.29, 0.717) is 23.6 Å². The Kier molecular flexibility index (Phi) is 4.46. The van der Waals surface area contributed by atoms with Gasteiger partial charge in [0.15, 0.2) is 0 Å². The molecule has 1 aliphatic rings. The number of nitrogens with one attached hydrogen (secondary N) is 1. The van der Waals surface area contributed by atoms with Gasteiger partial charge >= 0.3 is 11.9 Å².